The van der Waals surface area contributed by atoms with Gasteiger partial charge < -0.3 is 10.1 Å². The Morgan fingerprint density at radius 2 is 1.57 bits per heavy atom. The molecule has 3 rings (SSSR count). The second-order valence-electron chi connectivity index (χ2n) is 7.69. The standard InChI is InChI=1S/C20H25NO.C4H9NO/c1-16(15-17-11-7-5-8-12-17)20(2,21(3)4)19(22)18-13-9-6-10-14-18;1-3-6-4-2-5-1/h5-14,16H,15H2,1-4H3;5H,1-4H2. The van der Waals surface area contributed by atoms with E-state index in [0.29, 0.717) is 0 Å². The summed E-state index contributed by atoms with van der Waals surface area (Å²) in [5.74, 6) is 0.388. The van der Waals surface area contributed by atoms with Crippen molar-refractivity contribution in [3.63, 3.8) is 0 Å². The summed E-state index contributed by atoms with van der Waals surface area (Å²) in [6.45, 7) is 8.05. The number of hydrogen-bond donors (Lipinski definition) is 1. The van der Waals surface area contributed by atoms with Crippen molar-refractivity contribution in [1.82, 2.24) is 10.2 Å². The highest BCUT2D eigenvalue weighted by Crippen LogP contribution is 2.30. The van der Waals surface area contributed by atoms with E-state index < -0.39 is 5.54 Å². The summed E-state index contributed by atoms with van der Waals surface area (Å²) < 4.78 is 5.01. The molecule has 1 aliphatic heterocycles. The van der Waals surface area contributed by atoms with Gasteiger partial charge in [-0.3, -0.25) is 9.69 Å². The molecule has 2 unspecified atom stereocenters. The number of morpholine rings is 1. The van der Waals surface area contributed by atoms with Crippen LogP contribution in [0.4, 0.5) is 0 Å². The molecule has 0 aromatic heterocycles. The number of hydrogen-bond acceptors (Lipinski definition) is 4. The second kappa shape index (κ2) is 11.1. The maximum Gasteiger partial charge on any atom is 0.183 e. The maximum atomic E-state index is 13.1. The van der Waals surface area contributed by atoms with Crippen molar-refractivity contribution < 1.29 is 9.53 Å². The van der Waals surface area contributed by atoms with E-state index in [1.165, 1.54) is 5.56 Å². The quantitative estimate of drug-likeness (QED) is 0.774. The van der Waals surface area contributed by atoms with Crippen LogP contribution in [-0.4, -0.2) is 56.6 Å². The molecule has 152 valence electrons. The number of nitrogens with zero attached hydrogens (tertiary/aromatic N) is 1. The highest BCUT2D eigenvalue weighted by Gasteiger charge is 2.41. The maximum absolute atomic E-state index is 13.1. The van der Waals surface area contributed by atoms with Crippen molar-refractivity contribution in [2.75, 3.05) is 40.4 Å². The molecule has 0 amide bonds. The zero-order chi connectivity index (χ0) is 20.4. The van der Waals surface area contributed by atoms with Gasteiger partial charge in [-0.2, -0.15) is 0 Å². The molecule has 4 heteroatoms. The lowest BCUT2D eigenvalue weighted by Crippen LogP contribution is -2.54. The summed E-state index contributed by atoms with van der Waals surface area (Å²) in [6, 6.07) is 20.0. The van der Waals surface area contributed by atoms with Crippen LogP contribution in [0.1, 0.15) is 29.8 Å². The van der Waals surface area contributed by atoms with Crippen molar-refractivity contribution in [3.8, 4) is 0 Å². The molecule has 0 aliphatic carbocycles. The van der Waals surface area contributed by atoms with Gasteiger partial charge in [-0.1, -0.05) is 67.6 Å². The van der Waals surface area contributed by atoms with E-state index in [0.717, 1.165) is 38.3 Å². The monoisotopic (exact) mass is 382 g/mol. The van der Waals surface area contributed by atoms with Crippen LogP contribution in [0.5, 0.6) is 0 Å². The lowest BCUT2D eigenvalue weighted by molar-refractivity contribution is 0.0576. The molecule has 28 heavy (non-hydrogen) atoms. The minimum absolute atomic E-state index is 0.182. The summed E-state index contributed by atoms with van der Waals surface area (Å²) in [6.07, 6.45) is 0.883. The van der Waals surface area contributed by atoms with Crippen molar-refractivity contribution in [2.45, 2.75) is 25.8 Å². The van der Waals surface area contributed by atoms with Crippen molar-refractivity contribution in [2.24, 2.45) is 5.92 Å². The molecule has 2 atom stereocenters. The molecule has 0 bridgehead atoms. The van der Waals surface area contributed by atoms with Gasteiger partial charge >= 0.3 is 0 Å². The molecule has 4 nitrogen and oxygen atoms in total. The number of likely N-dealkylation sites (N-methyl/N-ethyl adjacent to an activating group) is 1. The molecule has 1 fully saturated rings. The fourth-order valence-electron chi connectivity index (χ4n) is 3.43. The zero-order valence-corrected chi connectivity index (χ0v) is 17.7. The first-order chi connectivity index (χ1) is 13.5. The topological polar surface area (TPSA) is 41.6 Å². The average Bonchev–Trinajstić information content (AvgIpc) is 2.75. The van der Waals surface area contributed by atoms with Gasteiger partial charge in [-0.05, 0) is 38.9 Å². The summed E-state index contributed by atoms with van der Waals surface area (Å²) >= 11 is 0. The third kappa shape index (κ3) is 5.99. The van der Waals surface area contributed by atoms with E-state index in [9.17, 15) is 4.79 Å². The van der Waals surface area contributed by atoms with Crippen molar-refractivity contribution >= 4 is 5.78 Å². The fraction of sp³-hybridized carbons (Fsp3) is 0.458. The van der Waals surface area contributed by atoms with E-state index in [2.05, 4.69) is 36.2 Å². The molecule has 1 aliphatic rings. The number of nitrogens with one attached hydrogen (secondary N) is 1. The molecule has 1 saturated heterocycles. The predicted molar refractivity (Wildman–Crippen MR) is 116 cm³/mol. The Morgan fingerprint density at radius 3 is 2.00 bits per heavy atom. The lowest BCUT2D eigenvalue weighted by Gasteiger charge is -2.40. The normalized spacial score (nSPS) is 17.2. The number of benzene rings is 2. The van der Waals surface area contributed by atoms with Gasteiger partial charge in [0.15, 0.2) is 5.78 Å². The van der Waals surface area contributed by atoms with Gasteiger partial charge in [0.2, 0.25) is 0 Å². The molecule has 0 saturated carbocycles. The van der Waals surface area contributed by atoms with Gasteiger partial charge in [0, 0.05) is 18.7 Å². The molecule has 2 aromatic rings. The second-order valence-corrected chi connectivity index (χ2v) is 7.69. The van der Waals surface area contributed by atoms with Crippen LogP contribution < -0.4 is 5.32 Å². The van der Waals surface area contributed by atoms with Crippen molar-refractivity contribution in [3.05, 3.63) is 71.8 Å². The Morgan fingerprint density at radius 1 is 1.04 bits per heavy atom. The van der Waals surface area contributed by atoms with Crippen LogP contribution in [-0.2, 0) is 11.2 Å². The summed E-state index contributed by atoms with van der Waals surface area (Å²) in [7, 11) is 3.98. The van der Waals surface area contributed by atoms with Crippen LogP contribution in [0, 0.1) is 5.92 Å². The Bertz CT molecular complexity index is 688. The minimum Gasteiger partial charge on any atom is -0.379 e. The summed E-state index contributed by atoms with van der Waals surface area (Å²) in [4.78, 5) is 15.1. The lowest BCUT2D eigenvalue weighted by atomic mass is 9.76. The van der Waals surface area contributed by atoms with E-state index in [4.69, 9.17) is 4.74 Å². The van der Waals surface area contributed by atoms with E-state index in [1.807, 2.05) is 62.6 Å². The Kier molecular flexibility index (Phi) is 8.84. The van der Waals surface area contributed by atoms with Gasteiger partial charge in [-0.25, -0.2) is 0 Å². The molecule has 0 spiro atoms. The van der Waals surface area contributed by atoms with E-state index in [-0.39, 0.29) is 11.7 Å². The molecule has 0 radical (unpaired) electrons. The number of carbonyl (C=O) groups is 1. The third-order valence-electron chi connectivity index (χ3n) is 5.62. The van der Waals surface area contributed by atoms with Gasteiger partial charge in [0.05, 0.1) is 18.8 Å². The highest BCUT2D eigenvalue weighted by atomic mass is 16.5. The Labute approximate surface area is 169 Å². The predicted octanol–water partition coefficient (Wildman–Crippen LogP) is 3.67. The van der Waals surface area contributed by atoms with Gasteiger partial charge in [0.1, 0.15) is 0 Å². The van der Waals surface area contributed by atoms with Crippen LogP contribution in [0.3, 0.4) is 0 Å². The zero-order valence-electron chi connectivity index (χ0n) is 17.7. The number of ether oxygens (including phenoxy) is 1. The van der Waals surface area contributed by atoms with Crippen molar-refractivity contribution in [1.29, 1.82) is 0 Å². The SMILES string of the molecule is C1COCCN1.CC(Cc1ccccc1)C(C)(C(=O)c1ccccc1)N(C)C. The highest BCUT2D eigenvalue weighted by molar-refractivity contribution is 6.03. The smallest absolute Gasteiger partial charge is 0.183 e. The molecular weight excluding hydrogens is 348 g/mol. The van der Waals surface area contributed by atoms with Crippen LogP contribution in [0.25, 0.3) is 0 Å². The Balaban J connectivity index is 0.000000397. The van der Waals surface area contributed by atoms with Gasteiger partial charge in [0.25, 0.3) is 0 Å². The largest absolute Gasteiger partial charge is 0.379 e. The molecule has 1 N–H and O–H groups in total. The number of rotatable bonds is 6. The third-order valence-corrected chi connectivity index (χ3v) is 5.62. The number of Topliss-reactive ketones (excluding diaryl/α,β-unsaturated/α-hetero) is 1. The minimum atomic E-state index is -0.531. The molecule has 1 heterocycles. The summed E-state index contributed by atoms with van der Waals surface area (Å²) in [5, 5.41) is 3.16. The first-order valence-corrected chi connectivity index (χ1v) is 10.1. The van der Waals surface area contributed by atoms with Crippen LogP contribution >= 0.6 is 0 Å². The number of ketones is 1. The van der Waals surface area contributed by atoms with Crippen LogP contribution in [0.15, 0.2) is 60.7 Å². The first-order valence-electron chi connectivity index (χ1n) is 10.1. The number of carbonyl (C=O) groups excluding carboxylic acids is 1. The Hall–Kier alpha value is -2.01. The van der Waals surface area contributed by atoms with Crippen LogP contribution in [0.2, 0.25) is 0 Å². The summed E-state index contributed by atoms with van der Waals surface area (Å²) in [5.41, 5.74) is 1.51. The first kappa shape index (κ1) is 22.3. The average molecular weight is 383 g/mol. The van der Waals surface area contributed by atoms with E-state index in [1.54, 1.807) is 0 Å². The molecular formula is C24H34N2O2. The van der Waals surface area contributed by atoms with E-state index >= 15 is 0 Å². The van der Waals surface area contributed by atoms with Gasteiger partial charge in [-0.15, -0.1) is 0 Å². The fourth-order valence-corrected chi connectivity index (χ4v) is 3.43. The molecule has 2 aromatic carbocycles.